The maximum Gasteiger partial charge on any atom is 0.252 e. The molecule has 0 unspecified atom stereocenters. The standard InChI is InChI=1S/C15H17F3N2O/c1-2-15(13(17)18)6-11-3-4-12(20(11)14(15)21)9-5-10(16)8-19-7-9/h5,7-8,11-13H,2-4,6H2,1H3/t11-,12-,15-/m0/s1. The highest BCUT2D eigenvalue weighted by Crippen LogP contribution is 2.52. The third-order valence-corrected chi connectivity index (χ3v) is 4.92. The molecule has 3 atom stereocenters. The Morgan fingerprint density at radius 1 is 1.43 bits per heavy atom. The molecule has 0 aromatic carbocycles. The Balaban J connectivity index is 1.94. The predicted octanol–water partition coefficient (Wildman–Crippen LogP) is 3.32. The third-order valence-electron chi connectivity index (χ3n) is 4.92. The van der Waals surface area contributed by atoms with Crippen LogP contribution >= 0.6 is 0 Å². The number of rotatable bonds is 3. The summed E-state index contributed by atoms with van der Waals surface area (Å²) < 4.78 is 40.2. The highest BCUT2D eigenvalue weighted by molar-refractivity contribution is 5.86. The first kappa shape index (κ1) is 14.4. The molecule has 2 saturated heterocycles. The quantitative estimate of drug-likeness (QED) is 0.857. The van der Waals surface area contributed by atoms with Crippen molar-refractivity contribution in [2.24, 2.45) is 5.41 Å². The summed E-state index contributed by atoms with van der Waals surface area (Å²) in [5.41, 5.74) is -0.976. The largest absolute Gasteiger partial charge is 0.332 e. The van der Waals surface area contributed by atoms with Crippen molar-refractivity contribution in [3.63, 3.8) is 0 Å². The molecule has 0 spiro atoms. The van der Waals surface area contributed by atoms with Crippen molar-refractivity contribution in [1.29, 1.82) is 0 Å². The van der Waals surface area contributed by atoms with Crippen LogP contribution in [0.15, 0.2) is 18.5 Å². The minimum Gasteiger partial charge on any atom is -0.332 e. The topological polar surface area (TPSA) is 33.2 Å². The molecule has 3 heterocycles. The molecule has 3 nitrogen and oxygen atoms in total. The van der Waals surface area contributed by atoms with E-state index >= 15 is 0 Å². The number of carbonyl (C=O) groups excluding carboxylic acids is 1. The van der Waals surface area contributed by atoms with Crippen molar-refractivity contribution in [1.82, 2.24) is 9.88 Å². The van der Waals surface area contributed by atoms with Gasteiger partial charge in [0.2, 0.25) is 5.91 Å². The van der Waals surface area contributed by atoms with E-state index in [1.165, 1.54) is 12.3 Å². The van der Waals surface area contributed by atoms with Crippen molar-refractivity contribution in [3.8, 4) is 0 Å². The molecule has 114 valence electrons. The molecule has 21 heavy (non-hydrogen) atoms. The van der Waals surface area contributed by atoms with Crippen LogP contribution in [-0.4, -0.2) is 28.3 Å². The second-order valence-corrected chi connectivity index (χ2v) is 5.91. The van der Waals surface area contributed by atoms with Crippen LogP contribution in [-0.2, 0) is 4.79 Å². The number of nitrogens with zero attached hydrogens (tertiary/aromatic N) is 2. The molecular formula is C15H17F3N2O. The van der Waals surface area contributed by atoms with Gasteiger partial charge in [0.25, 0.3) is 6.43 Å². The molecule has 0 radical (unpaired) electrons. The lowest BCUT2D eigenvalue weighted by molar-refractivity contribution is -0.146. The van der Waals surface area contributed by atoms with Crippen LogP contribution in [0, 0.1) is 11.2 Å². The van der Waals surface area contributed by atoms with Crippen LogP contribution in [0.1, 0.15) is 44.2 Å². The number of pyridine rings is 1. The molecule has 2 aliphatic rings. The van der Waals surface area contributed by atoms with Crippen LogP contribution < -0.4 is 0 Å². The Bertz CT molecular complexity index is 566. The number of fused-ring (bicyclic) bond motifs is 1. The SMILES string of the molecule is CC[C@@]1(C(F)F)C[C@@H]2CC[C@@H](c3cncc(F)c3)N2C1=O. The van der Waals surface area contributed by atoms with Gasteiger partial charge in [0.05, 0.1) is 12.2 Å². The molecule has 2 aliphatic heterocycles. The molecule has 0 aliphatic carbocycles. The van der Waals surface area contributed by atoms with Gasteiger partial charge in [-0.2, -0.15) is 0 Å². The van der Waals surface area contributed by atoms with Gasteiger partial charge in [-0.3, -0.25) is 9.78 Å². The van der Waals surface area contributed by atoms with Crippen LogP contribution in [0.4, 0.5) is 13.2 Å². The number of hydrogen-bond acceptors (Lipinski definition) is 2. The highest BCUT2D eigenvalue weighted by atomic mass is 19.3. The second kappa shape index (κ2) is 5.00. The van der Waals surface area contributed by atoms with E-state index in [1.54, 1.807) is 11.8 Å². The maximum absolute atomic E-state index is 13.4. The normalized spacial score (nSPS) is 32.0. The lowest BCUT2D eigenvalue weighted by Crippen LogP contribution is -2.40. The minimum atomic E-state index is -2.66. The van der Waals surface area contributed by atoms with Crippen molar-refractivity contribution >= 4 is 5.91 Å². The summed E-state index contributed by atoms with van der Waals surface area (Å²) in [7, 11) is 0. The fourth-order valence-electron chi connectivity index (χ4n) is 3.73. The Morgan fingerprint density at radius 2 is 2.19 bits per heavy atom. The molecule has 2 fully saturated rings. The van der Waals surface area contributed by atoms with Gasteiger partial charge in [-0.1, -0.05) is 6.92 Å². The van der Waals surface area contributed by atoms with E-state index in [9.17, 15) is 18.0 Å². The van der Waals surface area contributed by atoms with Crippen LogP contribution in [0.5, 0.6) is 0 Å². The zero-order valence-electron chi connectivity index (χ0n) is 11.7. The Morgan fingerprint density at radius 3 is 2.81 bits per heavy atom. The third kappa shape index (κ3) is 2.03. The van der Waals surface area contributed by atoms with Gasteiger partial charge in [0.15, 0.2) is 0 Å². The Labute approximate surface area is 121 Å². The van der Waals surface area contributed by atoms with Crippen molar-refractivity contribution < 1.29 is 18.0 Å². The van der Waals surface area contributed by atoms with Gasteiger partial charge in [-0.25, -0.2) is 13.2 Å². The molecule has 0 bridgehead atoms. The average molecular weight is 298 g/mol. The smallest absolute Gasteiger partial charge is 0.252 e. The number of carbonyl (C=O) groups is 1. The summed E-state index contributed by atoms with van der Waals surface area (Å²) in [6.07, 6.45) is 1.62. The average Bonchev–Trinajstić information content (AvgIpc) is 2.98. The molecular weight excluding hydrogens is 281 g/mol. The Hall–Kier alpha value is -1.59. The number of hydrogen-bond donors (Lipinski definition) is 0. The van der Waals surface area contributed by atoms with Crippen molar-refractivity contribution in [2.45, 2.75) is 51.1 Å². The second-order valence-electron chi connectivity index (χ2n) is 5.91. The molecule has 0 saturated carbocycles. The van der Waals surface area contributed by atoms with Gasteiger partial charge in [-0.15, -0.1) is 0 Å². The van der Waals surface area contributed by atoms with Gasteiger partial charge in [0, 0.05) is 12.2 Å². The van der Waals surface area contributed by atoms with E-state index in [1.807, 2.05) is 0 Å². The lowest BCUT2D eigenvalue weighted by Gasteiger charge is -2.29. The summed E-state index contributed by atoms with van der Waals surface area (Å²) in [6, 6.07) is 0.833. The van der Waals surface area contributed by atoms with Crippen molar-refractivity contribution in [2.75, 3.05) is 0 Å². The van der Waals surface area contributed by atoms with Crippen LogP contribution in [0.3, 0.4) is 0 Å². The molecule has 0 N–H and O–H groups in total. The van der Waals surface area contributed by atoms with E-state index in [2.05, 4.69) is 4.98 Å². The monoisotopic (exact) mass is 298 g/mol. The summed E-state index contributed by atoms with van der Waals surface area (Å²) in [6.45, 7) is 1.63. The van der Waals surface area contributed by atoms with Gasteiger partial charge >= 0.3 is 0 Å². The van der Waals surface area contributed by atoms with E-state index in [0.29, 0.717) is 18.4 Å². The number of alkyl halides is 2. The summed E-state index contributed by atoms with van der Waals surface area (Å²) in [5.74, 6) is -0.963. The summed E-state index contributed by atoms with van der Waals surface area (Å²) in [4.78, 5) is 17.9. The van der Waals surface area contributed by atoms with Gasteiger partial charge in [-0.05, 0) is 37.3 Å². The summed E-state index contributed by atoms with van der Waals surface area (Å²) in [5, 5.41) is 0. The number of amides is 1. The fraction of sp³-hybridized carbons (Fsp3) is 0.600. The highest BCUT2D eigenvalue weighted by Gasteiger charge is 2.59. The molecule has 1 amide bonds. The van der Waals surface area contributed by atoms with Crippen LogP contribution in [0.25, 0.3) is 0 Å². The zero-order valence-corrected chi connectivity index (χ0v) is 11.7. The van der Waals surface area contributed by atoms with Crippen molar-refractivity contribution in [3.05, 3.63) is 29.8 Å². The first-order chi connectivity index (χ1) is 9.99. The van der Waals surface area contributed by atoms with Gasteiger partial charge in [0.1, 0.15) is 11.2 Å². The number of halogens is 3. The zero-order chi connectivity index (χ0) is 15.2. The first-order valence-electron chi connectivity index (χ1n) is 7.21. The molecule has 1 aromatic heterocycles. The number of aromatic nitrogens is 1. The van der Waals surface area contributed by atoms with Crippen LogP contribution in [0.2, 0.25) is 0 Å². The van der Waals surface area contributed by atoms with E-state index in [4.69, 9.17) is 0 Å². The summed E-state index contributed by atoms with van der Waals surface area (Å²) >= 11 is 0. The van der Waals surface area contributed by atoms with E-state index < -0.39 is 23.6 Å². The first-order valence-corrected chi connectivity index (χ1v) is 7.21. The fourth-order valence-corrected chi connectivity index (χ4v) is 3.73. The minimum absolute atomic E-state index is 0.130. The van der Waals surface area contributed by atoms with E-state index in [-0.39, 0.29) is 24.9 Å². The molecule has 1 aromatic rings. The van der Waals surface area contributed by atoms with Gasteiger partial charge < -0.3 is 4.90 Å². The maximum atomic E-state index is 13.4. The molecule has 6 heteroatoms. The van der Waals surface area contributed by atoms with E-state index in [0.717, 1.165) is 6.20 Å². The Kier molecular flexibility index (Phi) is 3.42. The lowest BCUT2D eigenvalue weighted by atomic mass is 9.81. The molecule has 3 rings (SSSR count). The predicted molar refractivity (Wildman–Crippen MR) is 70.1 cm³/mol.